The van der Waals surface area contributed by atoms with E-state index in [1.54, 1.807) is 30.3 Å². The Bertz CT molecular complexity index is 1090. The molecule has 0 atom stereocenters. The molecular formula is C21H16ClF3N2O3S2. The minimum atomic E-state index is -4.71. The number of halogens is 4. The van der Waals surface area contributed by atoms with Gasteiger partial charge in [-0.15, -0.1) is 0 Å². The molecule has 1 aliphatic rings. The van der Waals surface area contributed by atoms with E-state index in [1.807, 2.05) is 6.92 Å². The highest BCUT2D eigenvalue weighted by molar-refractivity contribution is 8.26. The van der Waals surface area contributed by atoms with Crippen molar-refractivity contribution in [2.24, 2.45) is 0 Å². The molecule has 32 heavy (non-hydrogen) atoms. The van der Waals surface area contributed by atoms with Crippen LogP contribution in [0.15, 0.2) is 47.4 Å². The second kappa shape index (κ2) is 9.93. The van der Waals surface area contributed by atoms with Crippen LogP contribution in [0, 0.1) is 0 Å². The summed E-state index contributed by atoms with van der Waals surface area (Å²) in [4.78, 5) is 26.4. The summed E-state index contributed by atoms with van der Waals surface area (Å²) in [7, 11) is 0. The van der Waals surface area contributed by atoms with Gasteiger partial charge in [0.2, 0.25) is 5.91 Å². The van der Waals surface area contributed by atoms with E-state index >= 15 is 0 Å². The van der Waals surface area contributed by atoms with Crippen molar-refractivity contribution in [3.63, 3.8) is 0 Å². The van der Waals surface area contributed by atoms with Crippen LogP contribution in [0.3, 0.4) is 0 Å². The number of hydrogen-bond acceptors (Lipinski definition) is 5. The number of rotatable bonds is 6. The zero-order valence-electron chi connectivity index (χ0n) is 16.5. The number of amides is 2. The minimum Gasteiger partial charge on any atom is -0.494 e. The highest BCUT2D eigenvalue weighted by atomic mass is 35.5. The van der Waals surface area contributed by atoms with Gasteiger partial charge < -0.3 is 10.1 Å². The van der Waals surface area contributed by atoms with E-state index in [1.165, 1.54) is 6.07 Å². The van der Waals surface area contributed by atoms with Crippen molar-refractivity contribution in [2.45, 2.75) is 13.1 Å². The van der Waals surface area contributed by atoms with Crippen LogP contribution in [0.5, 0.6) is 5.75 Å². The van der Waals surface area contributed by atoms with Gasteiger partial charge >= 0.3 is 6.18 Å². The fourth-order valence-corrected chi connectivity index (χ4v) is 4.24. The Morgan fingerprint density at radius 2 is 1.94 bits per heavy atom. The number of hydrogen-bond donors (Lipinski definition) is 1. The van der Waals surface area contributed by atoms with E-state index in [4.69, 9.17) is 28.6 Å². The molecule has 11 heteroatoms. The summed E-state index contributed by atoms with van der Waals surface area (Å²) in [5.74, 6) is -0.637. The number of alkyl halides is 3. The van der Waals surface area contributed by atoms with Crippen molar-refractivity contribution < 1.29 is 27.5 Å². The van der Waals surface area contributed by atoms with Gasteiger partial charge in [0.1, 0.15) is 16.6 Å². The van der Waals surface area contributed by atoms with E-state index in [0.29, 0.717) is 17.3 Å². The zero-order chi connectivity index (χ0) is 23.5. The van der Waals surface area contributed by atoms with Crippen LogP contribution >= 0.6 is 35.6 Å². The molecular weight excluding hydrogens is 485 g/mol. The third-order valence-electron chi connectivity index (χ3n) is 4.23. The van der Waals surface area contributed by atoms with Crippen molar-refractivity contribution in [3.05, 3.63) is 63.5 Å². The van der Waals surface area contributed by atoms with Crippen LogP contribution in [0.1, 0.15) is 18.1 Å². The Balaban J connectivity index is 1.71. The maximum atomic E-state index is 13.2. The molecule has 168 valence electrons. The molecule has 1 N–H and O–H groups in total. The molecule has 1 saturated heterocycles. The topological polar surface area (TPSA) is 58.6 Å². The monoisotopic (exact) mass is 500 g/mol. The second-order valence-electron chi connectivity index (χ2n) is 6.51. The lowest BCUT2D eigenvalue weighted by Gasteiger charge is -2.17. The van der Waals surface area contributed by atoms with Gasteiger partial charge in [0.05, 0.1) is 22.8 Å². The maximum absolute atomic E-state index is 13.2. The average molecular weight is 501 g/mol. The number of carbonyl (C=O) groups excluding carboxylic acids is 2. The molecule has 2 aromatic rings. The van der Waals surface area contributed by atoms with Crippen LogP contribution in [0.4, 0.5) is 18.9 Å². The van der Waals surface area contributed by atoms with Gasteiger partial charge in [-0.25, -0.2) is 0 Å². The number of nitrogens with one attached hydrogen (secondary N) is 1. The largest absolute Gasteiger partial charge is 0.494 e. The Morgan fingerprint density at radius 1 is 1.25 bits per heavy atom. The number of thioether (sulfide) groups is 1. The molecule has 0 radical (unpaired) electrons. The molecule has 2 aromatic carbocycles. The van der Waals surface area contributed by atoms with E-state index in [2.05, 4.69) is 5.32 Å². The molecule has 1 heterocycles. The Kier molecular flexibility index (Phi) is 7.47. The standard InChI is InChI=1S/C21H16ClF3N2O3S2/c1-2-30-14-6-3-12(4-7-14)9-17-19(29)27(20(31)32-17)11-18(28)26-16-8-5-13(22)10-15(16)21(23,24)25/h3-10H,2,11H2,1H3,(H,26,28). The zero-order valence-corrected chi connectivity index (χ0v) is 18.9. The maximum Gasteiger partial charge on any atom is 0.418 e. The molecule has 0 bridgehead atoms. The number of nitrogens with zero attached hydrogens (tertiary/aromatic N) is 1. The normalized spacial score (nSPS) is 15.4. The highest BCUT2D eigenvalue weighted by Crippen LogP contribution is 2.37. The predicted molar refractivity (Wildman–Crippen MR) is 123 cm³/mol. The lowest BCUT2D eigenvalue weighted by atomic mass is 10.1. The Labute approximate surface area is 196 Å². The van der Waals surface area contributed by atoms with E-state index in [0.717, 1.165) is 34.4 Å². The predicted octanol–water partition coefficient (Wildman–Crippen LogP) is 5.60. The first kappa shape index (κ1) is 24.1. The van der Waals surface area contributed by atoms with Crippen molar-refractivity contribution in [1.82, 2.24) is 4.90 Å². The van der Waals surface area contributed by atoms with Crippen LogP contribution in [0.25, 0.3) is 6.08 Å². The molecule has 1 fully saturated rings. The molecule has 0 saturated carbocycles. The smallest absolute Gasteiger partial charge is 0.418 e. The third kappa shape index (κ3) is 5.81. The molecule has 0 unspecified atom stereocenters. The third-order valence-corrected chi connectivity index (χ3v) is 5.84. The van der Waals surface area contributed by atoms with Crippen LogP contribution in [0.2, 0.25) is 5.02 Å². The molecule has 1 aliphatic heterocycles. The number of thiocarbonyl (C=S) groups is 1. The van der Waals surface area contributed by atoms with Crippen LogP contribution in [-0.2, 0) is 15.8 Å². The van der Waals surface area contributed by atoms with Gasteiger partial charge in [0, 0.05) is 5.02 Å². The second-order valence-corrected chi connectivity index (χ2v) is 8.62. The highest BCUT2D eigenvalue weighted by Gasteiger charge is 2.36. The summed E-state index contributed by atoms with van der Waals surface area (Å²) in [5, 5.41) is 2.06. The van der Waals surface area contributed by atoms with Crippen LogP contribution < -0.4 is 10.1 Å². The Morgan fingerprint density at radius 3 is 2.56 bits per heavy atom. The number of anilines is 1. The first-order valence-electron chi connectivity index (χ1n) is 9.23. The lowest BCUT2D eigenvalue weighted by molar-refractivity contribution is -0.137. The molecule has 5 nitrogen and oxygen atoms in total. The summed E-state index contributed by atoms with van der Waals surface area (Å²) in [6.07, 6.45) is -3.09. The summed E-state index contributed by atoms with van der Waals surface area (Å²) < 4.78 is 45.2. The molecule has 0 aromatic heterocycles. The van der Waals surface area contributed by atoms with Gasteiger partial charge in [0.15, 0.2) is 0 Å². The quantitative estimate of drug-likeness (QED) is 0.413. The minimum absolute atomic E-state index is 0.119. The Hall–Kier alpha value is -2.56. The van der Waals surface area contributed by atoms with Gasteiger partial charge in [0.25, 0.3) is 5.91 Å². The van der Waals surface area contributed by atoms with Crippen molar-refractivity contribution in [1.29, 1.82) is 0 Å². The molecule has 0 spiro atoms. The molecule has 2 amide bonds. The first-order valence-corrected chi connectivity index (χ1v) is 10.8. The molecule has 3 rings (SSSR count). The van der Waals surface area contributed by atoms with Crippen molar-refractivity contribution in [3.8, 4) is 5.75 Å². The average Bonchev–Trinajstić information content (AvgIpc) is 2.97. The van der Waals surface area contributed by atoms with Gasteiger partial charge in [-0.1, -0.05) is 47.7 Å². The number of carbonyl (C=O) groups is 2. The van der Waals surface area contributed by atoms with E-state index in [9.17, 15) is 22.8 Å². The number of ether oxygens (including phenoxy) is 1. The van der Waals surface area contributed by atoms with Gasteiger partial charge in [-0.05, 0) is 48.9 Å². The SMILES string of the molecule is CCOc1ccc(C=C2SC(=S)N(CC(=O)Nc3ccc(Cl)cc3C(F)(F)F)C2=O)cc1. The summed E-state index contributed by atoms with van der Waals surface area (Å²) in [6, 6.07) is 10.1. The van der Waals surface area contributed by atoms with Crippen molar-refractivity contribution in [2.75, 3.05) is 18.5 Å². The van der Waals surface area contributed by atoms with Crippen LogP contribution in [-0.4, -0.2) is 34.2 Å². The van der Waals surface area contributed by atoms with E-state index in [-0.39, 0.29) is 9.34 Å². The lowest BCUT2D eigenvalue weighted by Crippen LogP contribution is -2.36. The summed E-state index contributed by atoms with van der Waals surface area (Å²) in [5.41, 5.74) is -0.809. The summed E-state index contributed by atoms with van der Waals surface area (Å²) in [6.45, 7) is 1.87. The number of benzene rings is 2. The van der Waals surface area contributed by atoms with Gasteiger partial charge in [-0.3, -0.25) is 14.5 Å². The fraction of sp³-hybridized carbons (Fsp3) is 0.190. The molecule has 0 aliphatic carbocycles. The van der Waals surface area contributed by atoms with Gasteiger partial charge in [-0.2, -0.15) is 13.2 Å². The van der Waals surface area contributed by atoms with Crippen molar-refractivity contribution >= 4 is 63.5 Å². The summed E-state index contributed by atoms with van der Waals surface area (Å²) >= 11 is 11.8. The van der Waals surface area contributed by atoms with E-state index < -0.39 is 35.8 Å². The first-order chi connectivity index (χ1) is 15.1. The fourth-order valence-electron chi connectivity index (χ4n) is 2.81.